The molecule has 0 aliphatic heterocycles. The second kappa shape index (κ2) is 3.51. The van der Waals surface area contributed by atoms with Gasteiger partial charge in [-0.05, 0) is 0 Å². The number of rotatable bonds is 2. The maximum atomic E-state index is 12.3. The molecule has 0 N–H and O–H groups in total. The minimum Gasteiger partial charge on any atom is -0.465 e. The van der Waals surface area contributed by atoms with Gasteiger partial charge in [-0.2, -0.15) is 5.10 Å². The van der Waals surface area contributed by atoms with E-state index in [9.17, 15) is 13.6 Å². The molecular weight excluding hydrogens is 182 g/mol. The van der Waals surface area contributed by atoms with Crippen molar-refractivity contribution in [3.05, 3.63) is 17.5 Å². The van der Waals surface area contributed by atoms with Gasteiger partial charge in [0, 0.05) is 13.2 Å². The highest BCUT2D eigenvalue weighted by molar-refractivity contribution is 5.90. The van der Waals surface area contributed by atoms with Crippen molar-refractivity contribution in [3.63, 3.8) is 0 Å². The summed E-state index contributed by atoms with van der Waals surface area (Å²) in [4.78, 5) is 10.9. The Kier molecular flexibility index (Phi) is 2.60. The molecule has 0 amide bonds. The smallest absolute Gasteiger partial charge is 0.341 e. The molecule has 4 nitrogen and oxygen atoms in total. The van der Waals surface area contributed by atoms with Gasteiger partial charge in [0.25, 0.3) is 6.43 Å². The first-order chi connectivity index (χ1) is 6.06. The normalized spacial score (nSPS) is 10.5. The summed E-state index contributed by atoms with van der Waals surface area (Å²) < 4.78 is 30.0. The molecule has 72 valence electrons. The van der Waals surface area contributed by atoms with Crippen LogP contribution in [0.2, 0.25) is 0 Å². The van der Waals surface area contributed by atoms with Gasteiger partial charge >= 0.3 is 5.97 Å². The highest BCUT2D eigenvalue weighted by Gasteiger charge is 2.22. The Labute approximate surface area is 73.1 Å². The molecular formula is C7H8F2N2O2. The SMILES string of the molecule is COC(=O)c1cn(C)nc1C(F)F. The number of nitrogens with zero attached hydrogens (tertiary/aromatic N) is 2. The topological polar surface area (TPSA) is 44.1 Å². The van der Waals surface area contributed by atoms with E-state index < -0.39 is 18.1 Å². The number of halogens is 2. The fourth-order valence-corrected chi connectivity index (χ4v) is 0.934. The Balaban J connectivity index is 3.11. The summed E-state index contributed by atoms with van der Waals surface area (Å²) in [6.07, 6.45) is -1.57. The third-order valence-electron chi connectivity index (χ3n) is 1.47. The fourth-order valence-electron chi connectivity index (χ4n) is 0.934. The minimum absolute atomic E-state index is 0.194. The number of aromatic nitrogens is 2. The molecule has 0 radical (unpaired) electrons. The molecule has 1 aromatic heterocycles. The van der Waals surface area contributed by atoms with Gasteiger partial charge in [0.05, 0.1) is 7.11 Å². The van der Waals surface area contributed by atoms with Gasteiger partial charge in [0.1, 0.15) is 11.3 Å². The fraction of sp³-hybridized carbons (Fsp3) is 0.429. The number of carbonyl (C=O) groups excluding carboxylic acids is 1. The van der Waals surface area contributed by atoms with Crippen molar-refractivity contribution >= 4 is 5.97 Å². The van der Waals surface area contributed by atoms with Crippen LogP contribution in [0.3, 0.4) is 0 Å². The Hall–Kier alpha value is -1.46. The van der Waals surface area contributed by atoms with Crippen LogP contribution in [-0.4, -0.2) is 22.9 Å². The molecule has 0 saturated heterocycles. The number of ether oxygens (including phenoxy) is 1. The van der Waals surface area contributed by atoms with Gasteiger partial charge < -0.3 is 4.74 Å². The van der Waals surface area contributed by atoms with Gasteiger partial charge in [-0.3, -0.25) is 4.68 Å². The van der Waals surface area contributed by atoms with Crippen LogP contribution in [0.4, 0.5) is 8.78 Å². The van der Waals surface area contributed by atoms with Crippen LogP contribution in [0.5, 0.6) is 0 Å². The first kappa shape index (κ1) is 9.63. The number of aryl methyl sites for hydroxylation is 1. The molecule has 1 rings (SSSR count). The molecule has 1 aromatic rings. The monoisotopic (exact) mass is 190 g/mol. The van der Waals surface area contributed by atoms with Crippen LogP contribution in [0, 0.1) is 0 Å². The number of hydrogen-bond donors (Lipinski definition) is 0. The molecule has 6 heteroatoms. The van der Waals surface area contributed by atoms with Gasteiger partial charge in [-0.15, -0.1) is 0 Å². The average molecular weight is 190 g/mol. The molecule has 0 saturated carbocycles. The van der Waals surface area contributed by atoms with E-state index in [1.165, 1.54) is 13.2 Å². The lowest BCUT2D eigenvalue weighted by Gasteiger charge is -1.97. The summed E-state index contributed by atoms with van der Waals surface area (Å²) in [6, 6.07) is 0. The van der Waals surface area contributed by atoms with Crippen molar-refractivity contribution < 1.29 is 18.3 Å². The van der Waals surface area contributed by atoms with Crippen molar-refractivity contribution in [1.82, 2.24) is 9.78 Å². The third kappa shape index (κ3) is 1.82. The first-order valence-electron chi connectivity index (χ1n) is 3.46. The lowest BCUT2D eigenvalue weighted by atomic mass is 10.2. The second-order valence-electron chi connectivity index (χ2n) is 2.39. The zero-order valence-electron chi connectivity index (χ0n) is 7.12. The van der Waals surface area contributed by atoms with E-state index in [1.807, 2.05) is 0 Å². The standard InChI is InChI=1S/C7H8F2N2O2/c1-11-3-4(7(12)13-2)5(10-11)6(8)9/h3,6H,1-2H3. The van der Waals surface area contributed by atoms with E-state index in [0.717, 1.165) is 11.8 Å². The summed E-state index contributed by atoms with van der Waals surface area (Å²) in [6.45, 7) is 0. The van der Waals surface area contributed by atoms with Crippen LogP contribution < -0.4 is 0 Å². The Morgan fingerprint density at radius 1 is 1.69 bits per heavy atom. The van der Waals surface area contributed by atoms with Gasteiger partial charge in [-0.25, -0.2) is 13.6 Å². The van der Waals surface area contributed by atoms with Crippen molar-refractivity contribution in [2.24, 2.45) is 7.05 Å². The Morgan fingerprint density at radius 2 is 2.31 bits per heavy atom. The summed E-state index contributed by atoms with van der Waals surface area (Å²) in [5, 5.41) is 3.44. The number of carbonyl (C=O) groups is 1. The van der Waals surface area contributed by atoms with Gasteiger partial charge in [0.2, 0.25) is 0 Å². The summed E-state index contributed by atoms with van der Waals surface area (Å²) in [5.74, 6) is -0.802. The molecule has 0 spiro atoms. The number of hydrogen-bond acceptors (Lipinski definition) is 3. The largest absolute Gasteiger partial charge is 0.465 e. The van der Waals surface area contributed by atoms with Gasteiger partial charge in [-0.1, -0.05) is 0 Å². The molecule has 1 heterocycles. The molecule has 0 aromatic carbocycles. The molecule has 0 bridgehead atoms. The molecule has 0 aliphatic rings. The van der Waals surface area contributed by atoms with E-state index in [1.54, 1.807) is 0 Å². The summed E-state index contributed by atoms with van der Waals surface area (Å²) in [7, 11) is 2.59. The molecule has 0 fully saturated rings. The second-order valence-corrected chi connectivity index (χ2v) is 2.39. The quantitative estimate of drug-likeness (QED) is 0.657. The van der Waals surface area contributed by atoms with Crippen molar-refractivity contribution in [3.8, 4) is 0 Å². The molecule has 0 atom stereocenters. The third-order valence-corrected chi connectivity index (χ3v) is 1.47. The minimum atomic E-state index is -2.77. The summed E-state index contributed by atoms with van der Waals surface area (Å²) in [5.41, 5.74) is -0.741. The molecule has 0 unspecified atom stereocenters. The van der Waals surface area contributed by atoms with E-state index in [4.69, 9.17) is 0 Å². The van der Waals surface area contributed by atoms with E-state index in [0.29, 0.717) is 0 Å². The predicted molar refractivity (Wildman–Crippen MR) is 39.5 cm³/mol. The van der Waals surface area contributed by atoms with E-state index >= 15 is 0 Å². The highest BCUT2D eigenvalue weighted by atomic mass is 19.3. The first-order valence-corrected chi connectivity index (χ1v) is 3.46. The number of alkyl halides is 2. The Bertz CT molecular complexity index is 322. The molecule has 0 aliphatic carbocycles. The van der Waals surface area contributed by atoms with Crippen molar-refractivity contribution in [2.75, 3.05) is 7.11 Å². The van der Waals surface area contributed by atoms with Crippen LogP contribution in [-0.2, 0) is 11.8 Å². The zero-order valence-corrected chi connectivity index (χ0v) is 7.12. The van der Waals surface area contributed by atoms with Crippen molar-refractivity contribution in [1.29, 1.82) is 0 Å². The van der Waals surface area contributed by atoms with E-state index in [2.05, 4.69) is 9.84 Å². The van der Waals surface area contributed by atoms with E-state index in [-0.39, 0.29) is 5.56 Å². The average Bonchev–Trinajstić information content (AvgIpc) is 2.46. The predicted octanol–water partition coefficient (Wildman–Crippen LogP) is 1.14. The van der Waals surface area contributed by atoms with Crippen LogP contribution in [0.1, 0.15) is 22.5 Å². The maximum Gasteiger partial charge on any atom is 0.341 e. The van der Waals surface area contributed by atoms with Crippen LogP contribution >= 0.6 is 0 Å². The van der Waals surface area contributed by atoms with Crippen LogP contribution in [0.15, 0.2) is 6.20 Å². The lowest BCUT2D eigenvalue weighted by molar-refractivity contribution is 0.0589. The number of esters is 1. The van der Waals surface area contributed by atoms with Gasteiger partial charge in [0.15, 0.2) is 0 Å². The Morgan fingerprint density at radius 3 is 2.77 bits per heavy atom. The zero-order chi connectivity index (χ0) is 10.0. The van der Waals surface area contributed by atoms with Crippen molar-refractivity contribution in [2.45, 2.75) is 6.43 Å². The molecule has 13 heavy (non-hydrogen) atoms. The van der Waals surface area contributed by atoms with Crippen LogP contribution in [0.25, 0.3) is 0 Å². The number of methoxy groups -OCH3 is 1. The maximum absolute atomic E-state index is 12.3. The highest BCUT2D eigenvalue weighted by Crippen LogP contribution is 2.21. The summed E-state index contributed by atoms with van der Waals surface area (Å²) >= 11 is 0. The lowest BCUT2D eigenvalue weighted by Crippen LogP contribution is -2.03.